The maximum Gasteiger partial charge on any atom is 0.244 e. The molecule has 104 valence electrons. The van der Waals surface area contributed by atoms with Crippen LogP contribution in [0.1, 0.15) is 17.2 Å². The second-order valence-electron chi connectivity index (χ2n) is 4.75. The predicted molar refractivity (Wildman–Crippen MR) is 78.0 cm³/mol. The van der Waals surface area contributed by atoms with Gasteiger partial charge in [0.2, 0.25) is 5.91 Å². The zero-order chi connectivity index (χ0) is 14.5. The molecule has 0 aliphatic heterocycles. The van der Waals surface area contributed by atoms with Gasteiger partial charge in [-0.1, -0.05) is 42.5 Å². The number of aromatic hydroxyl groups is 1. The highest BCUT2D eigenvalue weighted by molar-refractivity contribution is 5.82. The first kappa shape index (κ1) is 14.1. The minimum atomic E-state index is -0.668. The molecule has 0 aliphatic carbocycles. The van der Waals surface area contributed by atoms with Gasteiger partial charge in [-0.05, 0) is 23.3 Å². The zero-order valence-corrected chi connectivity index (χ0v) is 11.4. The van der Waals surface area contributed by atoms with Gasteiger partial charge in [-0.15, -0.1) is 0 Å². The van der Waals surface area contributed by atoms with E-state index in [1.165, 1.54) is 0 Å². The van der Waals surface area contributed by atoms with Crippen LogP contribution in [0.2, 0.25) is 0 Å². The van der Waals surface area contributed by atoms with Crippen molar-refractivity contribution in [1.82, 2.24) is 4.90 Å². The molecular weight excluding hydrogens is 252 g/mol. The summed E-state index contributed by atoms with van der Waals surface area (Å²) >= 11 is 0. The molecule has 4 nitrogen and oxygen atoms in total. The molecular formula is C16H18N2O2. The summed E-state index contributed by atoms with van der Waals surface area (Å²) in [6.45, 7) is 0.410. The van der Waals surface area contributed by atoms with Gasteiger partial charge in [-0.3, -0.25) is 4.79 Å². The van der Waals surface area contributed by atoms with E-state index in [0.29, 0.717) is 6.54 Å². The standard InChI is InChI=1S/C16H18N2O2/c1-18(11-12-6-5-9-14(19)10-12)16(20)15(17)13-7-3-2-4-8-13/h2-10,15,19H,11,17H2,1H3. The van der Waals surface area contributed by atoms with Crippen LogP contribution in [0.4, 0.5) is 0 Å². The Balaban J connectivity index is 2.05. The third-order valence-corrected chi connectivity index (χ3v) is 3.13. The number of amides is 1. The van der Waals surface area contributed by atoms with Gasteiger partial charge in [-0.25, -0.2) is 0 Å². The molecule has 0 bridgehead atoms. The lowest BCUT2D eigenvalue weighted by atomic mass is 10.1. The maximum atomic E-state index is 12.3. The summed E-state index contributed by atoms with van der Waals surface area (Å²) in [4.78, 5) is 13.8. The van der Waals surface area contributed by atoms with Crippen molar-refractivity contribution in [2.24, 2.45) is 5.73 Å². The second-order valence-corrected chi connectivity index (χ2v) is 4.75. The maximum absolute atomic E-state index is 12.3. The average molecular weight is 270 g/mol. The smallest absolute Gasteiger partial charge is 0.244 e. The number of carbonyl (C=O) groups is 1. The molecule has 0 radical (unpaired) electrons. The van der Waals surface area contributed by atoms with E-state index < -0.39 is 6.04 Å². The van der Waals surface area contributed by atoms with E-state index in [0.717, 1.165) is 11.1 Å². The van der Waals surface area contributed by atoms with Crippen LogP contribution in [-0.4, -0.2) is 23.0 Å². The lowest BCUT2D eigenvalue weighted by Crippen LogP contribution is -2.35. The fourth-order valence-electron chi connectivity index (χ4n) is 2.05. The van der Waals surface area contributed by atoms with E-state index in [2.05, 4.69) is 0 Å². The summed E-state index contributed by atoms with van der Waals surface area (Å²) in [7, 11) is 1.70. The molecule has 0 saturated heterocycles. The van der Waals surface area contributed by atoms with Gasteiger partial charge in [0.25, 0.3) is 0 Å². The Morgan fingerprint density at radius 3 is 2.55 bits per heavy atom. The molecule has 0 fully saturated rings. The molecule has 1 atom stereocenters. The second kappa shape index (κ2) is 6.21. The predicted octanol–water partition coefficient (Wildman–Crippen LogP) is 2.05. The number of hydrogen-bond acceptors (Lipinski definition) is 3. The van der Waals surface area contributed by atoms with Crippen molar-refractivity contribution < 1.29 is 9.90 Å². The molecule has 2 rings (SSSR count). The Hall–Kier alpha value is -2.33. The van der Waals surface area contributed by atoms with Crippen LogP contribution >= 0.6 is 0 Å². The SMILES string of the molecule is CN(Cc1cccc(O)c1)C(=O)C(N)c1ccccc1. The summed E-state index contributed by atoms with van der Waals surface area (Å²) in [5.41, 5.74) is 7.64. The largest absolute Gasteiger partial charge is 0.508 e. The lowest BCUT2D eigenvalue weighted by Gasteiger charge is -2.21. The number of nitrogens with two attached hydrogens (primary N) is 1. The first-order valence-electron chi connectivity index (χ1n) is 6.41. The topological polar surface area (TPSA) is 66.6 Å². The molecule has 0 aliphatic rings. The third kappa shape index (κ3) is 3.36. The Bertz CT molecular complexity index is 584. The molecule has 0 saturated carbocycles. The number of hydrogen-bond donors (Lipinski definition) is 2. The summed E-state index contributed by atoms with van der Waals surface area (Å²) < 4.78 is 0. The quantitative estimate of drug-likeness (QED) is 0.893. The first-order valence-corrected chi connectivity index (χ1v) is 6.41. The molecule has 3 N–H and O–H groups in total. The van der Waals surface area contributed by atoms with Crippen LogP contribution in [0, 0.1) is 0 Å². The van der Waals surface area contributed by atoms with Crippen LogP contribution in [0.25, 0.3) is 0 Å². The number of likely N-dealkylation sites (N-methyl/N-ethyl adjacent to an activating group) is 1. The van der Waals surface area contributed by atoms with Crippen LogP contribution in [0.5, 0.6) is 5.75 Å². The Labute approximate surface area is 118 Å². The molecule has 1 unspecified atom stereocenters. The van der Waals surface area contributed by atoms with Gasteiger partial charge in [0.05, 0.1) is 0 Å². The normalized spacial score (nSPS) is 11.9. The van der Waals surface area contributed by atoms with Gasteiger partial charge >= 0.3 is 0 Å². The molecule has 20 heavy (non-hydrogen) atoms. The highest BCUT2D eigenvalue weighted by Gasteiger charge is 2.19. The summed E-state index contributed by atoms with van der Waals surface area (Å²) in [5.74, 6) is 0.0373. The monoisotopic (exact) mass is 270 g/mol. The minimum Gasteiger partial charge on any atom is -0.508 e. The van der Waals surface area contributed by atoms with Crippen LogP contribution in [0.15, 0.2) is 54.6 Å². The number of carbonyl (C=O) groups excluding carboxylic acids is 1. The van der Waals surface area contributed by atoms with Crippen molar-refractivity contribution in [1.29, 1.82) is 0 Å². The molecule has 0 aromatic heterocycles. The van der Waals surface area contributed by atoms with E-state index >= 15 is 0 Å². The molecule has 2 aromatic rings. The van der Waals surface area contributed by atoms with Crippen molar-refractivity contribution in [3.63, 3.8) is 0 Å². The van der Waals surface area contributed by atoms with Crippen molar-refractivity contribution >= 4 is 5.91 Å². The fraction of sp³-hybridized carbons (Fsp3) is 0.188. The highest BCUT2D eigenvalue weighted by Crippen LogP contribution is 2.16. The summed E-state index contributed by atoms with van der Waals surface area (Å²) in [6, 6.07) is 15.5. The van der Waals surface area contributed by atoms with Crippen molar-refractivity contribution in [2.45, 2.75) is 12.6 Å². The first-order chi connectivity index (χ1) is 9.58. The summed E-state index contributed by atoms with van der Waals surface area (Å²) in [6.07, 6.45) is 0. The van der Waals surface area contributed by atoms with Gasteiger partial charge in [0.15, 0.2) is 0 Å². The van der Waals surface area contributed by atoms with Crippen LogP contribution in [0.3, 0.4) is 0 Å². The van der Waals surface area contributed by atoms with E-state index in [1.807, 2.05) is 36.4 Å². The molecule has 0 heterocycles. The summed E-state index contributed by atoms with van der Waals surface area (Å²) in [5, 5.41) is 9.42. The average Bonchev–Trinajstić information content (AvgIpc) is 2.46. The van der Waals surface area contributed by atoms with Crippen LogP contribution < -0.4 is 5.73 Å². The molecule has 1 amide bonds. The number of rotatable bonds is 4. The Morgan fingerprint density at radius 1 is 1.20 bits per heavy atom. The minimum absolute atomic E-state index is 0.153. The highest BCUT2D eigenvalue weighted by atomic mass is 16.3. The van der Waals surface area contributed by atoms with Gasteiger partial charge < -0.3 is 15.7 Å². The van der Waals surface area contributed by atoms with Crippen molar-refractivity contribution in [3.8, 4) is 5.75 Å². The van der Waals surface area contributed by atoms with E-state index in [-0.39, 0.29) is 11.7 Å². The Kier molecular flexibility index (Phi) is 4.38. The number of benzene rings is 2. The van der Waals surface area contributed by atoms with Gasteiger partial charge in [0, 0.05) is 13.6 Å². The lowest BCUT2D eigenvalue weighted by molar-refractivity contribution is -0.131. The molecule has 4 heteroatoms. The molecule has 0 spiro atoms. The van der Waals surface area contributed by atoms with Crippen molar-refractivity contribution in [3.05, 3.63) is 65.7 Å². The van der Waals surface area contributed by atoms with Gasteiger partial charge in [-0.2, -0.15) is 0 Å². The fourth-order valence-corrected chi connectivity index (χ4v) is 2.05. The van der Waals surface area contributed by atoms with Crippen LogP contribution in [-0.2, 0) is 11.3 Å². The number of phenols is 1. The zero-order valence-electron chi connectivity index (χ0n) is 11.4. The number of nitrogens with zero attached hydrogens (tertiary/aromatic N) is 1. The van der Waals surface area contributed by atoms with Gasteiger partial charge in [0.1, 0.15) is 11.8 Å². The Morgan fingerprint density at radius 2 is 1.90 bits per heavy atom. The van der Waals surface area contributed by atoms with E-state index in [4.69, 9.17) is 5.73 Å². The molecule has 2 aromatic carbocycles. The third-order valence-electron chi connectivity index (χ3n) is 3.13. The van der Waals surface area contributed by atoms with E-state index in [9.17, 15) is 9.90 Å². The number of phenolic OH excluding ortho intramolecular Hbond substituents is 1. The van der Waals surface area contributed by atoms with Crippen molar-refractivity contribution in [2.75, 3.05) is 7.05 Å². The van der Waals surface area contributed by atoms with E-state index in [1.54, 1.807) is 30.1 Å².